The van der Waals surface area contributed by atoms with Crippen LogP contribution in [0.5, 0.6) is 5.75 Å². The summed E-state index contributed by atoms with van der Waals surface area (Å²) in [6, 6.07) is 4.04. The molecule has 1 rings (SSSR count). The van der Waals surface area contributed by atoms with E-state index in [-0.39, 0.29) is 11.6 Å². The quantitative estimate of drug-likeness (QED) is 0.815. The van der Waals surface area contributed by atoms with Gasteiger partial charge in [-0.1, -0.05) is 12.1 Å². The molecule has 2 N–H and O–H groups in total. The number of nitrogens with two attached hydrogens (primary N) is 1. The van der Waals surface area contributed by atoms with Crippen LogP contribution in [0, 0.1) is 0 Å². The standard InChI is InChI=1S/C10H13F2NO/c1-6(13)8-4-3-7(10(11)12)5-9(8)14-2/h3-6,10H,13H2,1-2H3. The second-order valence-corrected chi connectivity index (χ2v) is 3.09. The van der Waals surface area contributed by atoms with Gasteiger partial charge in [-0.2, -0.15) is 0 Å². The first-order valence-corrected chi connectivity index (χ1v) is 4.27. The molecule has 2 nitrogen and oxygen atoms in total. The van der Waals surface area contributed by atoms with Gasteiger partial charge in [0.1, 0.15) is 5.75 Å². The lowest BCUT2D eigenvalue weighted by molar-refractivity contribution is 0.151. The van der Waals surface area contributed by atoms with Crippen molar-refractivity contribution in [3.63, 3.8) is 0 Å². The average molecular weight is 201 g/mol. The molecule has 1 aromatic carbocycles. The zero-order chi connectivity index (χ0) is 10.7. The lowest BCUT2D eigenvalue weighted by Crippen LogP contribution is -2.07. The fraction of sp³-hybridized carbons (Fsp3) is 0.400. The number of halogens is 2. The summed E-state index contributed by atoms with van der Waals surface area (Å²) in [5.74, 6) is 0.415. The van der Waals surface area contributed by atoms with Gasteiger partial charge in [0, 0.05) is 17.2 Å². The highest BCUT2D eigenvalue weighted by atomic mass is 19.3. The highest BCUT2D eigenvalue weighted by Crippen LogP contribution is 2.29. The van der Waals surface area contributed by atoms with Crippen LogP contribution < -0.4 is 10.5 Å². The van der Waals surface area contributed by atoms with Crippen molar-refractivity contribution in [3.05, 3.63) is 29.3 Å². The lowest BCUT2D eigenvalue weighted by atomic mass is 10.1. The predicted octanol–water partition coefficient (Wildman–Crippen LogP) is 2.65. The molecule has 0 saturated heterocycles. The zero-order valence-electron chi connectivity index (χ0n) is 8.13. The maximum absolute atomic E-state index is 12.3. The molecule has 0 saturated carbocycles. The molecule has 0 fully saturated rings. The number of methoxy groups -OCH3 is 1. The number of benzene rings is 1. The summed E-state index contributed by atoms with van der Waals surface area (Å²) < 4.78 is 29.6. The number of ether oxygens (including phenoxy) is 1. The van der Waals surface area contributed by atoms with Gasteiger partial charge in [0.25, 0.3) is 6.43 Å². The Morgan fingerprint density at radius 1 is 1.36 bits per heavy atom. The Morgan fingerprint density at radius 2 is 2.00 bits per heavy atom. The normalized spacial score (nSPS) is 13.0. The molecule has 1 aromatic rings. The van der Waals surface area contributed by atoms with Crippen LogP contribution in [0.25, 0.3) is 0 Å². The highest BCUT2D eigenvalue weighted by Gasteiger charge is 2.12. The third kappa shape index (κ3) is 2.20. The second kappa shape index (κ2) is 4.37. The Balaban J connectivity index is 3.11. The van der Waals surface area contributed by atoms with E-state index in [4.69, 9.17) is 10.5 Å². The predicted molar refractivity (Wildman–Crippen MR) is 50.6 cm³/mol. The monoisotopic (exact) mass is 201 g/mol. The number of rotatable bonds is 3. The lowest BCUT2D eigenvalue weighted by Gasteiger charge is -2.12. The molecular formula is C10H13F2NO. The van der Waals surface area contributed by atoms with E-state index in [0.29, 0.717) is 5.75 Å². The van der Waals surface area contributed by atoms with Gasteiger partial charge >= 0.3 is 0 Å². The summed E-state index contributed by atoms with van der Waals surface area (Å²) >= 11 is 0. The molecule has 0 aliphatic rings. The fourth-order valence-electron chi connectivity index (χ4n) is 1.24. The van der Waals surface area contributed by atoms with E-state index < -0.39 is 6.43 Å². The molecule has 0 aromatic heterocycles. The summed E-state index contributed by atoms with van der Waals surface area (Å²) in [5.41, 5.74) is 6.33. The van der Waals surface area contributed by atoms with Gasteiger partial charge in [0.05, 0.1) is 7.11 Å². The van der Waals surface area contributed by atoms with Gasteiger partial charge in [0.2, 0.25) is 0 Å². The maximum atomic E-state index is 12.3. The van der Waals surface area contributed by atoms with Crippen LogP contribution in [-0.4, -0.2) is 7.11 Å². The van der Waals surface area contributed by atoms with E-state index in [9.17, 15) is 8.78 Å². The van der Waals surface area contributed by atoms with E-state index >= 15 is 0 Å². The van der Waals surface area contributed by atoms with Crippen molar-refractivity contribution < 1.29 is 13.5 Å². The van der Waals surface area contributed by atoms with Gasteiger partial charge in [-0.05, 0) is 13.0 Å². The minimum Gasteiger partial charge on any atom is -0.496 e. The van der Waals surface area contributed by atoms with Crippen LogP contribution in [0.3, 0.4) is 0 Å². The Kier molecular flexibility index (Phi) is 3.41. The van der Waals surface area contributed by atoms with Gasteiger partial charge in [0.15, 0.2) is 0 Å². The molecule has 1 atom stereocenters. The first-order valence-electron chi connectivity index (χ1n) is 4.27. The second-order valence-electron chi connectivity index (χ2n) is 3.09. The zero-order valence-corrected chi connectivity index (χ0v) is 8.13. The van der Waals surface area contributed by atoms with Crippen molar-refractivity contribution >= 4 is 0 Å². The third-order valence-corrected chi connectivity index (χ3v) is 2.00. The van der Waals surface area contributed by atoms with Gasteiger partial charge in [-0.15, -0.1) is 0 Å². The molecule has 0 heterocycles. The molecule has 1 unspecified atom stereocenters. The van der Waals surface area contributed by atoms with Gasteiger partial charge < -0.3 is 10.5 Å². The molecule has 0 aliphatic carbocycles. The van der Waals surface area contributed by atoms with Crippen LogP contribution in [-0.2, 0) is 0 Å². The molecule has 0 spiro atoms. The van der Waals surface area contributed by atoms with Crippen molar-refractivity contribution in [3.8, 4) is 5.75 Å². The Morgan fingerprint density at radius 3 is 2.43 bits per heavy atom. The van der Waals surface area contributed by atoms with E-state index in [1.54, 1.807) is 13.0 Å². The Labute approximate surface area is 81.7 Å². The first kappa shape index (κ1) is 10.9. The molecule has 0 amide bonds. The van der Waals surface area contributed by atoms with E-state index in [1.807, 2.05) is 0 Å². The molecular weight excluding hydrogens is 188 g/mol. The summed E-state index contributed by atoms with van der Waals surface area (Å²) in [7, 11) is 1.44. The maximum Gasteiger partial charge on any atom is 0.263 e. The number of hydrogen-bond acceptors (Lipinski definition) is 2. The molecule has 4 heteroatoms. The molecule has 0 aliphatic heterocycles. The Hall–Kier alpha value is -1.16. The van der Waals surface area contributed by atoms with Crippen molar-refractivity contribution in [2.75, 3.05) is 7.11 Å². The molecule has 0 radical (unpaired) electrons. The Bertz CT molecular complexity index is 313. The fourth-order valence-corrected chi connectivity index (χ4v) is 1.24. The molecule has 14 heavy (non-hydrogen) atoms. The van der Waals surface area contributed by atoms with Crippen LogP contribution in [0.1, 0.15) is 30.5 Å². The number of alkyl halides is 2. The van der Waals surface area contributed by atoms with Crippen molar-refractivity contribution in [2.24, 2.45) is 5.73 Å². The SMILES string of the molecule is COc1cc(C(F)F)ccc1C(C)N. The smallest absolute Gasteiger partial charge is 0.263 e. The van der Waals surface area contributed by atoms with Crippen LogP contribution >= 0.6 is 0 Å². The minimum atomic E-state index is -2.48. The number of hydrogen-bond donors (Lipinski definition) is 1. The summed E-state index contributed by atoms with van der Waals surface area (Å²) in [6.07, 6.45) is -2.48. The largest absolute Gasteiger partial charge is 0.496 e. The van der Waals surface area contributed by atoms with E-state index in [2.05, 4.69) is 0 Å². The van der Waals surface area contributed by atoms with Crippen LogP contribution in [0.2, 0.25) is 0 Å². The van der Waals surface area contributed by atoms with Crippen LogP contribution in [0.4, 0.5) is 8.78 Å². The molecule has 0 bridgehead atoms. The van der Waals surface area contributed by atoms with Gasteiger partial charge in [-0.25, -0.2) is 8.78 Å². The van der Waals surface area contributed by atoms with Gasteiger partial charge in [-0.3, -0.25) is 0 Å². The van der Waals surface area contributed by atoms with E-state index in [1.165, 1.54) is 19.2 Å². The third-order valence-electron chi connectivity index (χ3n) is 2.00. The van der Waals surface area contributed by atoms with E-state index in [0.717, 1.165) is 5.56 Å². The summed E-state index contributed by atoms with van der Waals surface area (Å²) in [6.45, 7) is 1.78. The summed E-state index contributed by atoms with van der Waals surface area (Å²) in [4.78, 5) is 0. The topological polar surface area (TPSA) is 35.2 Å². The van der Waals surface area contributed by atoms with Crippen molar-refractivity contribution in [2.45, 2.75) is 19.4 Å². The van der Waals surface area contributed by atoms with Crippen molar-refractivity contribution in [1.82, 2.24) is 0 Å². The minimum absolute atomic E-state index is 0.0498. The summed E-state index contributed by atoms with van der Waals surface area (Å²) in [5, 5.41) is 0. The highest BCUT2D eigenvalue weighted by molar-refractivity contribution is 5.39. The van der Waals surface area contributed by atoms with Crippen molar-refractivity contribution in [1.29, 1.82) is 0 Å². The van der Waals surface area contributed by atoms with Crippen LogP contribution in [0.15, 0.2) is 18.2 Å². The average Bonchev–Trinajstić information content (AvgIpc) is 2.16. The molecule has 78 valence electrons. The first-order chi connectivity index (χ1) is 6.56.